The lowest BCUT2D eigenvalue weighted by atomic mass is 10.1. The Bertz CT molecular complexity index is 807. The molecule has 0 bridgehead atoms. The summed E-state index contributed by atoms with van der Waals surface area (Å²) in [6.07, 6.45) is 3.33. The first-order valence-electron chi connectivity index (χ1n) is 8.78. The SMILES string of the molecule is CC(C)Oc1ccccc1C=CC(=O)c1ccc(OCC(=O)N(C)C)cc1. The van der Waals surface area contributed by atoms with Gasteiger partial charge in [0.1, 0.15) is 11.5 Å². The number of rotatable bonds is 8. The second-order valence-electron chi connectivity index (χ2n) is 6.50. The van der Waals surface area contributed by atoms with E-state index in [0.717, 1.165) is 11.3 Å². The number of amides is 1. The molecule has 0 fully saturated rings. The number of ether oxygens (including phenoxy) is 2. The zero-order chi connectivity index (χ0) is 19.8. The van der Waals surface area contributed by atoms with Crippen molar-refractivity contribution in [2.24, 2.45) is 0 Å². The summed E-state index contributed by atoms with van der Waals surface area (Å²) < 4.78 is 11.2. The second-order valence-corrected chi connectivity index (χ2v) is 6.50. The van der Waals surface area contributed by atoms with Crippen LogP contribution in [0.3, 0.4) is 0 Å². The molecule has 5 nitrogen and oxygen atoms in total. The van der Waals surface area contributed by atoms with Gasteiger partial charge in [-0.3, -0.25) is 9.59 Å². The Kier molecular flexibility index (Phi) is 7.17. The van der Waals surface area contributed by atoms with Gasteiger partial charge in [-0.15, -0.1) is 0 Å². The topological polar surface area (TPSA) is 55.8 Å². The molecular weight excluding hydrogens is 342 g/mol. The van der Waals surface area contributed by atoms with Gasteiger partial charge in [-0.2, -0.15) is 0 Å². The maximum atomic E-state index is 12.4. The Balaban J connectivity index is 2.02. The number of hydrogen-bond acceptors (Lipinski definition) is 4. The normalized spacial score (nSPS) is 10.9. The fourth-order valence-corrected chi connectivity index (χ4v) is 2.23. The molecule has 0 aliphatic carbocycles. The Morgan fingerprint density at radius 1 is 1.04 bits per heavy atom. The van der Waals surface area contributed by atoms with E-state index in [1.54, 1.807) is 44.4 Å². The summed E-state index contributed by atoms with van der Waals surface area (Å²) in [6.45, 7) is 3.88. The van der Waals surface area contributed by atoms with Crippen LogP contribution in [0.25, 0.3) is 6.08 Å². The van der Waals surface area contributed by atoms with Crippen molar-refractivity contribution in [1.29, 1.82) is 0 Å². The summed E-state index contributed by atoms with van der Waals surface area (Å²) in [5.41, 5.74) is 1.39. The Morgan fingerprint density at radius 2 is 1.70 bits per heavy atom. The molecule has 0 aromatic heterocycles. The van der Waals surface area contributed by atoms with E-state index in [-0.39, 0.29) is 24.4 Å². The number of nitrogens with zero attached hydrogens (tertiary/aromatic N) is 1. The van der Waals surface area contributed by atoms with Gasteiger partial charge in [-0.1, -0.05) is 18.2 Å². The number of para-hydroxylation sites is 1. The van der Waals surface area contributed by atoms with Crippen LogP contribution in [0.4, 0.5) is 0 Å². The summed E-state index contributed by atoms with van der Waals surface area (Å²) >= 11 is 0. The lowest BCUT2D eigenvalue weighted by Gasteiger charge is -2.12. The van der Waals surface area contributed by atoms with Crippen molar-refractivity contribution < 1.29 is 19.1 Å². The monoisotopic (exact) mass is 367 g/mol. The number of ketones is 1. The third-order valence-corrected chi connectivity index (χ3v) is 3.70. The van der Waals surface area contributed by atoms with Gasteiger partial charge in [0.2, 0.25) is 0 Å². The molecular formula is C22H25NO4. The van der Waals surface area contributed by atoms with Gasteiger partial charge in [0.05, 0.1) is 6.10 Å². The van der Waals surface area contributed by atoms with Crippen LogP contribution in [0.2, 0.25) is 0 Å². The van der Waals surface area contributed by atoms with Crippen LogP contribution in [-0.4, -0.2) is 43.4 Å². The lowest BCUT2D eigenvalue weighted by Crippen LogP contribution is -2.27. The highest BCUT2D eigenvalue weighted by Gasteiger charge is 2.07. The lowest BCUT2D eigenvalue weighted by molar-refractivity contribution is -0.130. The van der Waals surface area contributed by atoms with Crippen LogP contribution < -0.4 is 9.47 Å². The minimum Gasteiger partial charge on any atom is -0.490 e. The molecule has 2 rings (SSSR count). The van der Waals surface area contributed by atoms with Crippen molar-refractivity contribution >= 4 is 17.8 Å². The van der Waals surface area contributed by atoms with Crippen LogP contribution in [0.1, 0.15) is 29.8 Å². The molecule has 1 amide bonds. The van der Waals surface area contributed by atoms with Crippen LogP contribution in [0.5, 0.6) is 11.5 Å². The van der Waals surface area contributed by atoms with E-state index in [1.807, 2.05) is 38.1 Å². The number of carbonyl (C=O) groups is 2. The van der Waals surface area contributed by atoms with Crippen LogP contribution >= 0.6 is 0 Å². The van der Waals surface area contributed by atoms with E-state index >= 15 is 0 Å². The summed E-state index contributed by atoms with van der Waals surface area (Å²) in [4.78, 5) is 25.4. The Labute approximate surface area is 160 Å². The van der Waals surface area contributed by atoms with Gasteiger partial charge in [0.25, 0.3) is 5.91 Å². The average molecular weight is 367 g/mol. The highest BCUT2D eigenvalue weighted by Crippen LogP contribution is 2.21. The molecule has 27 heavy (non-hydrogen) atoms. The molecule has 0 radical (unpaired) electrons. The minimum absolute atomic E-state index is 0.0349. The largest absolute Gasteiger partial charge is 0.490 e. The number of hydrogen-bond donors (Lipinski definition) is 0. The number of benzene rings is 2. The van der Waals surface area contributed by atoms with Crippen molar-refractivity contribution in [2.75, 3.05) is 20.7 Å². The summed E-state index contributed by atoms with van der Waals surface area (Å²) in [5.74, 6) is 1.04. The molecule has 0 spiro atoms. The summed E-state index contributed by atoms with van der Waals surface area (Å²) in [6, 6.07) is 14.3. The standard InChI is InChI=1S/C22H25NO4/c1-16(2)27-21-8-6-5-7-18(21)11-14-20(24)17-9-12-19(13-10-17)26-15-22(25)23(3)4/h5-14,16H,15H2,1-4H3. The van der Waals surface area contributed by atoms with E-state index < -0.39 is 0 Å². The van der Waals surface area contributed by atoms with Crippen molar-refractivity contribution in [3.63, 3.8) is 0 Å². The molecule has 5 heteroatoms. The van der Waals surface area contributed by atoms with Crippen molar-refractivity contribution in [3.8, 4) is 11.5 Å². The van der Waals surface area contributed by atoms with E-state index in [2.05, 4.69) is 0 Å². The molecule has 0 atom stereocenters. The predicted octanol–water partition coefficient (Wildman–Crippen LogP) is 3.84. The third-order valence-electron chi connectivity index (χ3n) is 3.70. The number of allylic oxidation sites excluding steroid dienone is 1. The molecule has 2 aromatic rings. The first-order chi connectivity index (χ1) is 12.9. The fraction of sp³-hybridized carbons (Fsp3) is 0.273. The zero-order valence-electron chi connectivity index (χ0n) is 16.1. The van der Waals surface area contributed by atoms with Gasteiger partial charge in [0, 0.05) is 25.2 Å². The summed E-state index contributed by atoms with van der Waals surface area (Å²) in [5, 5.41) is 0. The smallest absolute Gasteiger partial charge is 0.259 e. The van der Waals surface area contributed by atoms with Crippen LogP contribution in [0.15, 0.2) is 54.6 Å². The molecule has 0 saturated heterocycles. The van der Waals surface area contributed by atoms with Crippen molar-refractivity contribution in [1.82, 2.24) is 4.90 Å². The Hall–Kier alpha value is -3.08. The van der Waals surface area contributed by atoms with E-state index in [9.17, 15) is 9.59 Å². The van der Waals surface area contributed by atoms with Gasteiger partial charge in [0.15, 0.2) is 12.4 Å². The highest BCUT2D eigenvalue weighted by molar-refractivity contribution is 6.07. The molecule has 0 unspecified atom stereocenters. The third kappa shape index (κ3) is 6.29. The van der Waals surface area contributed by atoms with E-state index in [0.29, 0.717) is 11.3 Å². The second kappa shape index (κ2) is 9.57. The van der Waals surface area contributed by atoms with Gasteiger partial charge < -0.3 is 14.4 Å². The molecule has 0 N–H and O–H groups in total. The molecule has 0 aliphatic heterocycles. The first kappa shape index (κ1) is 20.2. The van der Waals surface area contributed by atoms with Crippen LogP contribution in [-0.2, 0) is 4.79 Å². The molecule has 0 saturated carbocycles. The highest BCUT2D eigenvalue weighted by atomic mass is 16.5. The van der Waals surface area contributed by atoms with E-state index in [1.165, 1.54) is 11.0 Å². The zero-order valence-corrected chi connectivity index (χ0v) is 16.1. The molecule has 0 aliphatic rings. The molecule has 0 heterocycles. The van der Waals surface area contributed by atoms with Crippen molar-refractivity contribution in [3.05, 3.63) is 65.7 Å². The van der Waals surface area contributed by atoms with Crippen LogP contribution in [0, 0.1) is 0 Å². The minimum atomic E-state index is -0.125. The van der Waals surface area contributed by atoms with Gasteiger partial charge >= 0.3 is 0 Å². The first-order valence-corrected chi connectivity index (χ1v) is 8.78. The maximum absolute atomic E-state index is 12.4. The average Bonchev–Trinajstić information content (AvgIpc) is 2.65. The van der Waals surface area contributed by atoms with Crippen molar-refractivity contribution in [2.45, 2.75) is 20.0 Å². The van der Waals surface area contributed by atoms with Gasteiger partial charge in [-0.25, -0.2) is 0 Å². The molecule has 142 valence electrons. The number of likely N-dealkylation sites (N-methyl/N-ethyl adjacent to an activating group) is 1. The predicted molar refractivity (Wildman–Crippen MR) is 106 cm³/mol. The molecule has 2 aromatic carbocycles. The fourth-order valence-electron chi connectivity index (χ4n) is 2.23. The van der Waals surface area contributed by atoms with E-state index in [4.69, 9.17) is 9.47 Å². The summed E-state index contributed by atoms with van der Waals surface area (Å²) in [7, 11) is 3.34. The quantitative estimate of drug-likeness (QED) is 0.525. The van der Waals surface area contributed by atoms with Gasteiger partial charge in [-0.05, 0) is 56.3 Å². The Morgan fingerprint density at radius 3 is 2.33 bits per heavy atom. The number of carbonyl (C=O) groups excluding carboxylic acids is 2. The maximum Gasteiger partial charge on any atom is 0.259 e.